The van der Waals surface area contributed by atoms with Crippen LogP contribution >= 0.6 is 0 Å². The summed E-state index contributed by atoms with van der Waals surface area (Å²) >= 11 is 0. The summed E-state index contributed by atoms with van der Waals surface area (Å²) in [7, 11) is 1.78. The number of pyridine rings is 1. The average molecular weight is 355 g/mol. The summed E-state index contributed by atoms with van der Waals surface area (Å²) in [6, 6.07) is 10.6. The third-order valence-corrected chi connectivity index (χ3v) is 3.88. The molecule has 0 unspecified atom stereocenters. The van der Waals surface area contributed by atoms with E-state index in [0.29, 0.717) is 35.8 Å². The molecular formula is C20H25N3O3. The number of esters is 1. The summed E-state index contributed by atoms with van der Waals surface area (Å²) in [4.78, 5) is 30.3. The molecule has 138 valence electrons. The topological polar surface area (TPSA) is 71.5 Å². The highest BCUT2D eigenvalue weighted by Gasteiger charge is 2.14. The maximum Gasteiger partial charge on any atom is 0.340 e. The SMILES string of the molecule is CCCCN(C)C(=O)c1ccc(Nc2ccccc2C(=O)OCC)cn1. The van der Waals surface area contributed by atoms with Gasteiger partial charge in [0.1, 0.15) is 5.69 Å². The molecule has 0 fully saturated rings. The minimum absolute atomic E-state index is 0.100. The molecule has 0 aliphatic rings. The van der Waals surface area contributed by atoms with Gasteiger partial charge in [-0.1, -0.05) is 25.5 Å². The number of unbranched alkanes of at least 4 members (excludes halogenated alkanes) is 1. The summed E-state index contributed by atoms with van der Waals surface area (Å²) in [5.41, 5.74) is 2.17. The lowest BCUT2D eigenvalue weighted by Gasteiger charge is -2.16. The van der Waals surface area contributed by atoms with Crippen LogP contribution in [0.1, 0.15) is 47.5 Å². The Hall–Kier alpha value is -2.89. The van der Waals surface area contributed by atoms with Crippen molar-refractivity contribution in [1.82, 2.24) is 9.88 Å². The second-order valence-corrected chi connectivity index (χ2v) is 5.90. The number of benzene rings is 1. The minimum atomic E-state index is -0.382. The van der Waals surface area contributed by atoms with Crippen LogP contribution in [-0.4, -0.2) is 42.0 Å². The third-order valence-electron chi connectivity index (χ3n) is 3.88. The van der Waals surface area contributed by atoms with E-state index < -0.39 is 0 Å². The Labute approximate surface area is 154 Å². The van der Waals surface area contributed by atoms with Gasteiger partial charge in [0.25, 0.3) is 5.91 Å². The molecule has 1 N–H and O–H groups in total. The summed E-state index contributed by atoms with van der Waals surface area (Å²) < 4.78 is 5.07. The lowest BCUT2D eigenvalue weighted by molar-refractivity contribution is 0.0527. The Morgan fingerprint density at radius 1 is 1.15 bits per heavy atom. The largest absolute Gasteiger partial charge is 0.462 e. The van der Waals surface area contributed by atoms with Crippen molar-refractivity contribution in [3.05, 3.63) is 53.9 Å². The predicted molar refractivity (Wildman–Crippen MR) is 102 cm³/mol. The van der Waals surface area contributed by atoms with Gasteiger partial charge in [0.05, 0.1) is 29.7 Å². The van der Waals surface area contributed by atoms with Gasteiger partial charge in [-0.3, -0.25) is 4.79 Å². The maximum absolute atomic E-state index is 12.3. The van der Waals surface area contributed by atoms with Crippen LogP contribution in [0.15, 0.2) is 42.6 Å². The van der Waals surface area contributed by atoms with E-state index in [1.807, 2.05) is 6.07 Å². The van der Waals surface area contributed by atoms with Crippen LogP contribution in [0.5, 0.6) is 0 Å². The number of hydrogen-bond donors (Lipinski definition) is 1. The van der Waals surface area contributed by atoms with Crippen molar-refractivity contribution in [3.63, 3.8) is 0 Å². The zero-order chi connectivity index (χ0) is 18.9. The average Bonchev–Trinajstić information content (AvgIpc) is 2.66. The molecule has 0 radical (unpaired) electrons. The van der Waals surface area contributed by atoms with Crippen molar-refractivity contribution in [1.29, 1.82) is 0 Å². The summed E-state index contributed by atoms with van der Waals surface area (Å²) in [5, 5.41) is 3.15. The first kappa shape index (κ1) is 19.4. The molecule has 0 spiro atoms. The highest BCUT2D eigenvalue weighted by Crippen LogP contribution is 2.21. The van der Waals surface area contributed by atoms with Gasteiger partial charge in [-0.2, -0.15) is 0 Å². The minimum Gasteiger partial charge on any atom is -0.462 e. The first-order valence-electron chi connectivity index (χ1n) is 8.81. The van der Waals surface area contributed by atoms with E-state index in [2.05, 4.69) is 17.2 Å². The van der Waals surface area contributed by atoms with Crippen LogP contribution in [0.2, 0.25) is 0 Å². The van der Waals surface area contributed by atoms with Crippen LogP contribution < -0.4 is 5.32 Å². The number of para-hydroxylation sites is 1. The number of nitrogens with zero attached hydrogens (tertiary/aromatic N) is 2. The molecule has 0 saturated carbocycles. The van der Waals surface area contributed by atoms with Gasteiger partial charge < -0.3 is 15.0 Å². The second kappa shape index (κ2) is 9.56. The van der Waals surface area contributed by atoms with Crippen LogP contribution in [0.3, 0.4) is 0 Å². The Morgan fingerprint density at radius 2 is 1.92 bits per heavy atom. The molecule has 0 aliphatic heterocycles. The number of amides is 1. The summed E-state index contributed by atoms with van der Waals surface area (Å²) in [6.07, 6.45) is 3.59. The van der Waals surface area contributed by atoms with E-state index in [1.54, 1.807) is 55.4 Å². The van der Waals surface area contributed by atoms with Gasteiger partial charge in [0.2, 0.25) is 0 Å². The summed E-state index contributed by atoms with van der Waals surface area (Å²) in [6.45, 7) is 4.89. The van der Waals surface area contributed by atoms with E-state index >= 15 is 0 Å². The molecule has 0 saturated heterocycles. The number of carbonyl (C=O) groups excluding carboxylic acids is 2. The van der Waals surface area contributed by atoms with Gasteiger partial charge in [0, 0.05) is 13.6 Å². The van der Waals surface area contributed by atoms with Crippen molar-refractivity contribution in [2.75, 3.05) is 25.5 Å². The van der Waals surface area contributed by atoms with Crippen molar-refractivity contribution in [2.45, 2.75) is 26.7 Å². The second-order valence-electron chi connectivity index (χ2n) is 5.90. The molecule has 2 rings (SSSR count). The Bertz CT molecular complexity index is 744. The first-order valence-corrected chi connectivity index (χ1v) is 8.81. The summed E-state index contributed by atoms with van der Waals surface area (Å²) in [5.74, 6) is -0.482. The Balaban J connectivity index is 2.10. The smallest absolute Gasteiger partial charge is 0.340 e. The van der Waals surface area contributed by atoms with Gasteiger partial charge in [-0.25, -0.2) is 9.78 Å². The molecule has 6 nitrogen and oxygen atoms in total. The molecule has 1 heterocycles. The maximum atomic E-state index is 12.3. The fourth-order valence-electron chi connectivity index (χ4n) is 2.42. The highest BCUT2D eigenvalue weighted by molar-refractivity contribution is 5.96. The third kappa shape index (κ3) is 5.05. The van der Waals surface area contributed by atoms with E-state index in [1.165, 1.54) is 0 Å². The van der Waals surface area contributed by atoms with Crippen molar-refractivity contribution in [2.24, 2.45) is 0 Å². The Kier molecular flexibility index (Phi) is 7.14. The Morgan fingerprint density at radius 3 is 2.58 bits per heavy atom. The van der Waals surface area contributed by atoms with E-state index in [9.17, 15) is 9.59 Å². The van der Waals surface area contributed by atoms with Gasteiger partial charge >= 0.3 is 5.97 Å². The number of rotatable bonds is 8. The monoisotopic (exact) mass is 355 g/mol. The van der Waals surface area contributed by atoms with Crippen LogP contribution in [0.4, 0.5) is 11.4 Å². The number of hydrogen-bond acceptors (Lipinski definition) is 5. The first-order chi connectivity index (χ1) is 12.6. The molecule has 0 atom stereocenters. The van der Waals surface area contributed by atoms with Crippen molar-refractivity contribution in [3.8, 4) is 0 Å². The molecule has 1 amide bonds. The zero-order valence-corrected chi connectivity index (χ0v) is 15.5. The molecule has 1 aromatic carbocycles. The molecule has 1 aromatic heterocycles. The number of nitrogens with one attached hydrogen (secondary N) is 1. The van der Waals surface area contributed by atoms with Crippen LogP contribution in [-0.2, 0) is 4.74 Å². The van der Waals surface area contributed by atoms with Gasteiger partial charge in [-0.05, 0) is 37.6 Å². The highest BCUT2D eigenvalue weighted by atomic mass is 16.5. The van der Waals surface area contributed by atoms with E-state index in [0.717, 1.165) is 12.8 Å². The standard InChI is InChI=1S/C20H25N3O3/c1-4-6-13-23(3)19(24)18-12-11-15(14-21-18)22-17-10-8-7-9-16(17)20(25)26-5-2/h7-12,14,22H,4-6,13H2,1-3H3. The number of aromatic nitrogens is 1. The number of ether oxygens (including phenoxy) is 1. The lowest BCUT2D eigenvalue weighted by atomic mass is 10.1. The molecule has 26 heavy (non-hydrogen) atoms. The van der Waals surface area contributed by atoms with E-state index in [4.69, 9.17) is 4.74 Å². The van der Waals surface area contributed by atoms with Gasteiger partial charge in [-0.15, -0.1) is 0 Å². The van der Waals surface area contributed by atoms with Crippen LogP contribution in [0, 0.1) is 0 Å². The molecule has 2 aromatic rings. The van der Waals surface area contributed by atoms with Crippen LogP contribution in [0.25, 0.3) is 0 Å². The van der Waals surface area contributed by atoms with Gasteiger partial charge in [0.15, 0.2) is 0 Å². The molecule has 0 aliphatic carbocycles. The molecule has 6 heteroatoms. The number of carbonyl (C=O) groups is 2. The molecular weight excluding hydrogens is 330 g/mol. The lowest BCUT2D eigenvalue weighted by Crippen LogP contribution is -2.28. The zero-order valence-electron chi connectivity index (χ0n) is 15.5. The quantitative estimate of drug-likeness (QED) is 0.728. The van der Waals surface area contributed by atoms with Crippen molar-refractivity contribution < 1.29 is 14.3 Å². The normalized spacial score (nSPS) is 10.3. The number of anilines is 2. The predicted octanol–water partition coefficient (Wildman–Crippen LogP) is 3.87. The molecule has 0 bridgehead atoms. The van der Waals surface area contributed by atoms with Crippen molar-refractivity contribution >= 4 is 23.3 Å². The fourth-order valence-corrected chi connectivity index (χ4v) is 2.42. The fraction of sp³-hybridized carbons (Fsp3) is 0.350. The van der Waals surface area contributed by atoms with E-state index in [-0.39, 0.29) is 11.9 Å².